The smallest absolute Gasteiger partial charge is 0.412 e. The van der Waals surface area contributed by atoms with Crippen LogP contribution in [0.25, 0.3) is 22.3 Å². The van der Waals surface area contributed by atoms with Gasteiger partial charge in [-0.2, -0.15) is 0 Å². The molecule has 0 bridgehead atoms. The summed E-state index contributed by atoms with van der Waals surface area (Å²) in [6, 6.07) is 0. The van der Waals surface area contributed by atoms with Crippen LogP contribution in [0.3, 0.4) is 0 Å². The van der Waals surface area contributed by atoms with Gasteiger partial charge >= 0.3 is 37.7 Å². The minimum atomic E-state index is -0.775. The summed E-state index contributed by atoms with van der Waals surface area (Å²) >= 11 is 0. The first-order chi connectivity index (χ1) is 11.3. The van der Waals surface area contributed by atoms with Crippen LogP contribution in [0.15, 0.2) is 28.8 Å². The molecule has 4 heterocycles. The number of hydrogen-bond acceptors (Lipinski definition) is 6. The van der Waals surface area contributed by atoms with Crippen LogP contribution in [0.1, 0.15) is 0 Å². The molecule has 0 amide bonds. The molecule has 27 heavy (non-hydrogen) atoms. The Morgan fingerprint density at radius 3 is 1.19 bits per heavy atom. The van der Waals surface area contributed by atoms with Gasteiger partial charge < -0.3 is 50.8 Å². The van der Waals surface area contributed by atoms with Crippen LogP contribution in [-0.4, -0.2) is 78.6 Å². The maximum Gasteiger partial charge on any atom is 2.00 e. The van der Waals surface area contributed by atoms with Crippen molar-refractivity contribution in [2.75, 3.05) is 0 Å². The molecule has 0 saturated heterocycles. The van der Waals surface area contributed by atoms with E-state index in [9.17, 15) is 28.8 Å². The summed E-state index contributed by atoms with van der Waals surface area (Å²) in [5.41, 5.74) is -4.04. The van der Waals surface area contributed by atoms with E-state index in [2.05, 4.69) is 29.9 Å². The zero-order valence-electron chi connectivity index (χ0n) is 13.1. The number of aromatic nitrogens is 8. The van der Waals surface area contributed by atoms with Gasteiger partial charge in [0.15, 0.2) is 0 Å². The van der Waals surface area contributed by atoms with E-state index in [4.69, 9.17) is 0 Å². The molecule has 0 aliphatic rings. The number of nitrogens with zero attached hydrogens (tertiary/aromatic N) is 2. The standard InChI is InChI=1S/2C5H4N4O3.Ca.2H2O/c2*10-3-1-2(7-4(11)6-1)8-5(12)9-3;;;/h2*(H4,6,7,8,9,10,11,12);;2*1H2/q;;+2;;/p-2. The summed E-state index contributed by atoms with van der Waals surface area (Å²) in [6.45, 7) is 0. The molecule has 4 rings (SSSR count). The van der Waals surface area contributed by atoms with Crippen molar-refractivity contribution in [2.24, 2.45) is 0 Å². The average Bonchev–Trinajstić information content (AvgIpc) is 3.01. The third-order valence-corrected chi connectivity index (χ3v) is 2.74. The molecule has 0 unspecified atom stereocenters. The number of H-pyrrole nitrogens is 6. The van der Waals surface area contributed by atoms with Crippen molar-refractivity contribution in [3.63, 3.8) is 0 Å². The Morgan fingerprint density at radius 2 is 0.852 bits per heavy atom. The fourth-order valence-electron chi connectivity index (χ4n) is 1.82. The summed E-state index contributed by atoms with van der Waals surface area (Å²) in [5.74, 6) is 0. The fraction of sp³-hybridized carbons (Fsp3) is 0. The van der Waals surface area contributed by atoms with Crippen molar-refractivity contribution >= 4 is 60.1 Å². The maximum absolute atomic E-state index is 10.9. The molecular formula is C10H10CaN8O8. The molecule has 16 nitrogen and oxygen atoms in total. The first-order valence-electron chi connectivity index (χ1n) is 6.12. The van der Waals surface area contributed by atoms with Crippen molar-refractivity contribution < 1.29 is 11.0 Å². The number of fused-ring (bicyclic) bond motifs is 2. The molecule has 0 radical (unpaired) electrons. The fourth-order valence-corrected chi connectivity index (χ4v) is 1.82. The van der Waals surface area contributed by atoms with Crippen LogP contribution in [0.4, 0.5) is 0 Å². The molecular weight excluding hydrogens is 400 g/mol. The zero-order valence-corrected chi connectivity index (χ0v) is 15.3. The van der Waals surface area contributed by atoms with E-state index >= 15 is 0 Å². The Kier molecular flexibility index (Phi) is 8.15. The molecule has 10 N–H and O–H groups in total. The second-order valence-corrected chi connectivity index (χ2v) is 4.35. The molecule has 0 atom stereocenters. The maximum atomic E-state index is 10.9. The zero-order chi connectivity index (χ0) is 17.4. The van der Waals surface area contributed by atoms with E-state index < -0.39 is 33.9 Å². The predicted molar refractivity (Wildman–Crippen MR) is 91.2 cm³/mol. The third-order valence-electron chi connectivity index (χ3n) is 2.74. The molecule has 4 aromatic rings. The monoisotopic (exact) mass is 410 g/mol. The van der Waals surface area contributed by atoms with Gasteiger partial charge in [-0.3, -0.25) is 28.8 Å². The van der Waals surface area contributed by atoms with Gasteiger partial charge in [0, 0.05) is 11.3 Å². The van der Waals surface area contributed by atoms with Crippen molar-refractivity contribution in [3.05, 3.63) is 62.6 Å². The summed E-state index contributed by atoms with van der Waals surface area (Å²) in [4.78, 5) is 83.7. The molecule has 0 spiro atoms. The van der Waals surface area contributed by atoms with E-state index in [1.54, 1.807) is 0 Å². The third kappa shape index (κ3) is 5.05. The number of imidazole rings is 2. The van der Waals surface area contributed by atoms with Gasteiger partial charge in [0.2, 0.25) is 22.5 Å². The van der Waals surface area contributed by atoms with Crippen LogP contribution in [0.2, 0.25) is 0 Å². The van der Waals surface area contributed by atoms with Gasteiger partial charge in [0.05, 0.1) is 0 Å². The van der Waals surface area contributed by atoms with E-state index in [-0.39, 0.29) is 71.0 Å². The summed E-state index contributed by atoms with van der Waals surface area (Å²) in [6.07, 6.45) is 0. The Hall–Kier alpha value is -2.92. The number of rotatable bonds is 0. The molecule has 0 aliphatic carbocycles. The Labute approximate surface area is 173 Å². The second kappa shape index (κ2) is 9.14. The van der Waals surface area contributed by atoms with Crippen molar-refractivity contribution in [1.29, 1.82) is 0 Å². The summed E-state index contributed by atoms with van der Waals surface area (Å²) < 4.78 is 0. The van der Waals surface area contributed by atoms with Gasteiger partial charge in [0.1, 0.15) is 11.0 Å². The summed E-state index contributed by atoms with van der Waals surface area (Å²) in [7, 11) is 0. The molecule has 0 saturated carbocycles. The van der Waals surface area contributed by atoms with E-state index in [1.165, 1.54) is 0 Å². The first-order valence-corrected chi connectivity index (χ1v) is 6.12. The van der Waals surface area contributed by atoms with Crippen molar-refractivity contribution in [1.82, 2.24) is 39.9 Å². The largest absolute Gasteiger partial charge is 2.00 e. The van der Waals surface area contributed by atoms with Gasteiger partial charge in [-0.1, -0.05) is 0 Å². The van der Waals surface area contributed by atoms with Crippen LogP contribution in [-0.2, 0) is 0 Å². The number of hydrogen-bond donors (Lipinski definition) is 6. The minimum Gasteiger partial charge on any atom is -0.412 e. The molecule has 0 fully saturated rings. The predicted octanol–water partition coefficient (Wildman–Crippen LogP) is -6.31. The average molecular weight is 410 g/mol. The van der Waals surface area contributed by atoms with Crippen LogP contribution < -0.4 is 43.8 Å². The van der Waals surface area contributed by atoms with Crippen LogP contribution in [0, 0.1) is 0 Å². The Balaban J connectivity index is 0.000000451. The van der Waals surface area contributed by atoms with Crippen molar-refractivity contribution in [3.8, 4) is 0 Å². The molecule has 0 aromatic carbocycles. The SMILES string of the molecule is O.O.O=c1[n-]c2[nH]c(=O)[nH]c2c(=O)[nH]1.O=c1[n-]c2[nH]c(=O)[nH]c2c(=O)[nH]1.[Ca+2]. The quantitative estimate of drug-likeness (QED) is 0.151. The van der Waals surface area contributed by atoms with E-state index in [0.29, 0.717) is 0 Å². The first kappa shape index (κ1) is 24.1. The number of nitrogens with one attached hydrogen (secondary N) is 6. The van der Waals surface area contributed by atoms with Gasteiger partial charge in [-0.05, 0) is 0 Å². The number of aromatic amines is 6. The van der Waals surface area contributed by atoms with E-state index in [0.717, 1.165) is 0 Å². The van der Waals surface area contributed by atoms with Gasteiger partial charge in [0.25, 0.3) is 11.4 Å². The second-order valence-electron chi connectivity index (χ2n) is 4.35. The Morgan fingerprint density at radius 1 is 0.519 bits per heavy atom. The Bertz CT molecular complexity index is 1280. The molecule has 140 valence electrons. The molecule has 4 aromatic heterocycles. The van der Waals surface area contributed by atoms with E-state index in [1.807, 2.05) is 9.97 Å². The van der Waals surface area contributed by atoms with Gasteiger partial charge in [-0.25, -0.2) is 0 Å². The minimum absolute atomic E-state index is 0. The molecule has 0 aliphatic heterocycles. The normalized spacial score (nSPS) is 9.48. The summed E-state index contributed by atoms with van der Waals surface area (Å²) in [5, 5.41) is 0. The van der Waals surface area contributed by atoms with Crippen molar-refractivity contribution in [2.45, 2.75) is 0 Å². The topological polar surface area (TPSA) is 288 Å². The van der Waals surface area contributed by atoms with Crippen LogP contribution >= 0.6 is 0 Å². The van der Waals surface area contributed by atoms with Gasteiger partial charge in [-0.15, -0.1) is 0 Å². The molecule has 17 heteroatoms. The van der Waals surface area contributed by atoms with Crippen LogP contribution in [0.5, 0.6) is 0 Å².